The molecule has 1 amide bonds. The Balaban J connectivity index is 2.19. The van der Waals surface area contributed by atoms with Gasteiger partial charge in [0.25, 0.3) is 0 Å². The van der Waals surface area contributed by atoms with E-state index in [-0.39, 0.29) is 25.6 Å². The van der Waals surface area contributed by atoms with Gasteiger partial charge in [-0.25, -0.2) is 9.37 Å². The van der Waals surface area contributed by atoms with Crippen LogP contribution < -0.4 is 10.5 Å². The molecule has 0 spiro atoms. The van der Waals surface area contributed by atoms with Crippen LogP contribution in [0, 0.1) is 5.41 Å². The highest BCUT2D eigenvalue weighted by atomic mass is 19.1. The molecule has 36 heavy (non-hydrogen) atoms. The van der Waals surface area contributed by atoms with Crippen LogP contribution in [0.3, 0.4) is 0 Å². The summed E-state index contributed by atoms with van der Waals surface area (Å²) in [5.74, 6) is 1.07. The van der Waals surface area contributed by atoms with Gasteiger partial charge in [0.05, 0.1) is 25.4 Å². The minimum Gasteiger partial charge on any atom is -0.497 e. The lowest BCUT2D eigenvalue weighted by Gasteiger charge is -2.40. The fraction of sp³-hybridized carbons (Fsp3) is 0.429. The second-order valence-corrected chi connectivity index (χ2v) is 9.91. The molecule has 0 bridgehead atoms. The van der Waals surface area contributed by atoms with Gasteiger partial charge < -0.3 is 24.7 Å². The fourth-order valence-corrected chi connectivity index (χ4v) is 4.32. The van der Waals surface area contributed by atoms with Crippen molar-refractivity contribution in [2.75, 3.05) is 33.9 Å². The highest BCUT2D eigenvalue weighted by Gasteiger charge is 2.39. The van der Waals surface area contributed by atoms with E-state index in [1.54, 1.807) is 7.11 Å². The van der Waals surface area contributed by atoms with Crippen molar-refractivity contribution in [2.24, 2.45) is 11.1 Å². The number of methoxy groups -OCH3 is 2. The number of halogens is 1. The van der Waals surface area contributed by atoms with Crippen molar-refractivity contribution in [2.45, 2.75) is 39.5 Å². The predicted molar refractivity (Wildman–Crippen MR) is 139 cm³/mol. The quantitative estimate of drug-likeness (QED) is 0.424. The molecule has 194 valence electrons. The number of amides is 1. The van der Waals surface area contributed by atoms with Crippen LogP contribution in [0.4, 0.5) is 4.39 Å². The summed E-state index contributed by atoms with van der Waals surface area (Å²) in [7, 11) is 3.08. The summed E-state index contributed by atoms with van der Waals surface area (Å²) in [6, 6.07) is 17.2. The Hall–Kier alpha value is -3.23. The van der Waals surface area contributed by atoms with Crippen LogP contribution in [0.15, 0.2) is 60.8 Å². The molecule has 0 saturated carbocycles. The van der Waals surface area contributed by atoms with E-state index in [0.29, 0.717) is 12.4 Å². The molecule has 2 aromatic carbocycles. The number of nitrogens with zero attached hydrogens (tertiary/aromatic N) is 3. The number of hydrogen-bond acceptors (Lipinski definition) is 5. The van der Waals surface area contributed by atoms with E-state index in [1.165, 1.54) is 12.0 Å². The highest BCUT2D eigenvalue weighted by molar-refractivity contribution is 5.78. The van der Waals surface area contributed by atoms with Gasteiger partial charge >= 0.3 is 0 Å². The Kier molecular flexibility index (Phi) is 9.23. The third-order valence-corrected chi connectivity index (χ3v) is 5.98. The Bertz CT molecular complexity index is 1130. The van der Waals surface area contributed by atoms with Crippen molar-refractivity contribution in [3.63, 3.8) is 0 Å². The van der Waals surface area contributed by atoms with Gasteiger partial charge in [0.15, 0.2) is 0 Å². The lowest BCUT2D eigenvalue weighted by atomic mass is 9.84. The molecule has 0 aliphatic heterocycles. The fourth-order valence-electron chi connectivity index (χ4n) is 4.32. The zero-order valence-electron chi connectivity index (χ0n) is 21.8. The van der Waals surface area contributed by atoms with Crippen LogP contribution in [-0.2, 0) is 16.1 Å². The van der Waals surface area contributed by atoms with Crippen LogP contribution >= 0.6 is 0 Å². The highest BCUT2D eigenvalue weighted by Crippen LogP contribution is 2.39. The van der Waals surface area contributed by atoms with E-state index >= 15 is 0 Å². The summed E-state index contributed by atoms with van der Waals surface area (Å²) in [6.07, 6.45) is 0.607. The van der Waals surface area contributed by atoms with Gasteiger partial charge in [0.1, 0.15) is 24.4 Å². The molecule has 1 aromatic heterocycles. The zero-order chi connectivity index (χ0) is 26.3. The van der Waals surface area contributed by atoms with Crippen LogP contribution in [0.1, 0.15) is 38.2 Å². The average molecular weight is 497 g/mol. The monoisotopic (exact) mass is 496 g/mol. The maximum Gasteiger partial charge on any atom is 0.249 e. The van der Waals surface area contributed by atoms with E-state index in [9.17, 15) is 9.18 Å². The Morgan fingerprint density at radius 1 is 1.14 bits per heavy atom. The number of hydrogen-bond donors (Lipinski definition) is 1. The van der Waals surface area contributed by atoms with Crippen LogP contribution in [0.25, 0.3) is 11.3 Å². The molecule has 0 radical (unpaired) electrons. The predicted octanol–water partition coefficient (Wildman–Crippen LogP) is 4.47. The molecule has 1 heterocycles. The van der Waals surface area contributed by atoms with E-state index in [2.05, 4.69) is 0 Å². The van der Waals surface area contributed by atoms with Crippen molar-refractivity contribution in [1.29, 1.82) is 0 Å². The van der Waals surface area contributed by atoms with Crippen molar-refractivity contribution in [1.82, 2.24) is 14.5 Å². The lowest BCUT2D eigenvalue weighted by molar-refractivity contribution is -0.141. The maximum atomic E-state index is 14.6. The molecule has 0 unspecified atom stereocenters. The van der Waals surface area contributed by atoms with Crippen LogP contribution in [0.5, 0.6) is 5.75 Å². The van der Waals surface area contributed by atoms with Crippen LogP contribution in [0.2, 0.25) is 0 Å². The van der Waals surface area contributed by atoms with E-state index < -0.39 is 17.6 Å². The molecule has 0 aliphatic carbocycles. The number of carbonyl (C=O) groups is 1. The number of aromatic nitrogens is 2. The topological polar surface area (TPSA) is 82.6 Å². The molecule has 0 saturated heterocycles. The van der Waals surface area contributed by atoms with Gasteiger partial charge in [-0.1, -0.05) is 63.2 Å². The number of alkyl halides is 1. The normalized spacial score (nSPS) is 13.3. The van der Waals surface area contributed by atoms with Crippen molar-refractivity contribution in [3.8, 4) is 17.0 Å². The molecule has 8 heteroatoms. The SMILES string of the molecule is COCC(=O)N(C[C@@H](F)CN)[C@@H](c1nc(-c2cccc(OC)c2)cn1Cc1ccccc1)C(C)(C)C. The summed E-state index contributed by atoms with van der Waals surface area (Å²) in [6.45, 7) is 6.12. The van der Waals surface area contributed by atoms with E-state index in [0.717, 1.165) is 22.6 Å². The third kappa shape index (κ3) is 6.71. The summed E-state index contributed by atoms with van der Waals surface area (Å²) in [5.41, 5.74) is 7.84. The van der Waals surface area contributed by atoms with E-state index in [4.69, 9.17) is 20.2 Å². The summed E-state index contributed by atoms with van der Waals surface area (Å²) < 4.78 is 27.2. The Labute approximate surface area is 213 Å². The maximum absolute atomic E-state index is 14.6. The Morgan fingerprint density at radius 3 is 2.47 bits per heavy atom. The Morgan fingerprint density at radius 2 is 1.86 bits per heavy atom. The molecule has 2 N–H and O–H groups in total. The first-order chi connectivity index (χ1) is 17.2. The largest absolute Gasteiger partial charge is 0.497 e. The van der Waals surface area contributed by atoms with Gasteiger partial charge in [-0.2, -0.15) is 0 Å². The molecular formula is C28H37FN4O3. The van der Waals surface area contributed by atoms with E-state index in [1.807, 2.05) is 86.1 Å². The molecule has 2 atom stereocenters. The van der Waals surface area contributed by atoms with Crippen molar-refractivity contribution in [3.05, 3.63) is 72.2 Å². The van der Waals surface area contributed by atoms with Crippen LogP contribution in [-0.4, -0.2) is 60.4 Å². The molecular weight excluding hydrogens is 459 g/mol. The second kappa shape index (κ2) is 12.1. The first kappa shape index (κ1) is 27.4. The number of nitrogens with two attached hydrogens (primary N) is 1. The van der Waals surface area contributed by atoms with Crippen molar-refractivity contribution < 1.29 is 18.7 Å². The third-order valence-electron chi connectivity index (χ3n) is 5.98. The van der Waals surface area contributed by atoms with Crippen molar-refractivity contribution >= 4 is 5.91 Å². The first-order valence-electron chi connectivity index (χ1n) is 12.1. The molecule has 3 aromatic rings. The van der Waals surface area contributed by atoms with Gasteiger partial charge in [-0.15, -0.1) is 0 Å². The number of imidazole rings is 1. The van der Waals surface area contributed by atoms with Gasteiger partial charge in [-0.05, 0) is 23.1 Å². The minimum atomic E-state index is -1.37. The number of ether oxygens (including phenoxy) is 2. The average Bonchev–Trinajstić information content (AvgIpc) is 3.26. The van der Waals surface area contributed by atoms with Gasteiger partial charge in [0, 0.05) is 32.0 Å². The number of benzene rings is 2. The first-order valence-corrected chi connectivity index (χ1v) is 12.1. The smallest absolute Gasteiger partial charge is 0.249 e. The van der Waals surface area contributed by atoms with Gasteiger partial charge in [-0.3, -0.25) is 4.79 Å². The second-order valence-electron chi connectivity index (χ2n) is 9.91. The molecule has 0 fully saturated rings. The molecule has 0 aliphatic rings. The molecule has 7 nitrogen and oxygen atoms in total. The summed E-state index contributed by atoms with van der Waals surface area (Å²) in [4.78, 5) is 19.8. The standard InChI is InChI=1S/C28H37FN4O3/c1-28(2,3)26(33(17-22(29)15-30)25(34)19-35-4)27-31-24(21-12-9-13-23(14-21)36-5)18-32(27)16-20-10-7-6-8-11-20/h6-14,18,22,26H,15-17,19,30H2,1-5H3/t22-,26-/m0/s1. The lowest BCUT2D eigenvalue weighted by Crippen LogP contribution is -2.47. The molecule has 3 rings (SSSR count). The summed E-state index contributed by atoms with van der Waals surface area (Å²) >= 11 is 0. The minimum absolute atomic E-state index is 0.146. The number of carbonyl (C=O) groups excluding carboxylic acids is 1. The summed E-state index contributed by atoms with van der Waals surface area (Å²) in [5, 5.41) is 0. The van der Waals surface area contributed by atoms with Gasteiger partial charge in [0.2, 0.25) is 5.91 Å². The zero-order valence-corrected chi connectivity index (χ0v) is 21.8. The number of rotatable bonds is 11.